The van der Waals surface area contributed by atoms with Gasteiger partial charge in [0, 0.05) is 5.22 Å². The second-order valence-corrected chi connectivity index (χ2v) is 3.94. The predicted molar refractivity (Wildman–Crippen MR) is 65.3 cm³/mol. The summed E-state index contributed by atoms with van der Waals surface area (Å²) in [6.07, 6.45) is 0.747. The molecule has 0 saturated heterocycles. The minimum absolute atomic E-state index is 0.147. The Labute approximate surface area is 95.2 Å². The van der Waals surface area contributed by atoms with Crippen molar-refractivity contribution < 1.29 is 5.11 Å². The zero-order chi connectivity index (χ0) is 12.0. The van der Waals surface area contributed by atoms with Crippen LogP contribution in [0.1, 0.15) is 0 Å². The normalized spacial score (nSPS) is 12.6. The molecule has 0 radical (unpaired) electrons. The van der Waals surface area contributed by atoms with Crippen LogP contribution in [0.25, 0.3) is 17.0 Å². The second-order valence-electron chi connectivity index (χ2n) is 3.94. The first-order valence-electron chi connectivity index (χ1n) is 5.19. The number of rotatable bonds is 0. The molecule has 1 N–H and O–H groups in total. The summed E-state index contributed by atoms with van der Waals surface area (Å²) < 4.78 is 0. The number of aliphatic hydroxyl groups is 1. The van der Waals surface area contributed by atoms with Crippen molar-refractivity contribution in [3.05, 3.63) is 72.5 Å². The highest BCUT2D eigenvalue weighted by molar-refractivity contribution is 5.70. The first-order chi connectivity index (χ1) is 8.22. The molecule has 2 aliphatic carbocycles. The van der Waals surface area contributed by atoms with Gasteiger partial charge in [-0.2, -0.15) is 0 Å². The quantitative estimate of drug-likeness (QED) is 0.612. The van der Waals surface area contributed by atoms with Gasteiger partial charge in [0.25, 0.3) is 0 Å². The van der Waals surface area contributed by atoms with Gasteiger partial charge in [0.05, 0.1) is 16.7 Å². The smallest absolute Gasteiger partial charge is 0.200 e. The van der Waals surface area contributed by atoms with E-state index in [1.807, 2.05) is 18.2 Å². The van der Waals surface area contributed by atoms with Gasteiger partial charge >= 0.3 is 0 Å². The molecular formula is C14H8O3. The maximum Gasteiger partial charge on any atom is 0.200 e. The van der Waals surface area contributed by atoms with E-state index >= 15 is 0 Å². The van der Waals surface area contributed by atoms with Crippen LogP contribution in [0.5, 0.6) is 0 Å². The zero-order valence-corrected chi connectivity index (χ0v) is 8.81. The number of benzene rings is 1. The van der Waals surface area contributed by atoms with E-state index in [1.165, 1.54) is 6.07 Å². The third-order valence-corrected chi connectivity index (χ3v) is 2.98. The Morgan fingerprint density at radius 2 is 1.71 bits per heavy atom. The van der Waals surface area contributed by atoms with Gasteiger partial charge in [-0.25, -0.2) is 0 Å². The molecule has 3 nitrogen and oxygen atoms in total. The fraction of sp³-hybridized carbons (Fsp3) is 0. The van der Waals surface area contributed by atoms with Crippen LogP contribution in [0.4, 0.5) is 0 Å². The zero-order valence-electron chi connectivity index (χ0n) is 8.81. The molecule has 3 heteroatoms. The summed E-state index contributed by atoms with van der Waals surface area (Å²) in [6.45, 7) is 0. The molecule has 1 aromatic carbocycles. The largest absolute Gasteiger partial charge is 0.515 e. The van der Waals surface area contributed by atoms with Gasteiger partial charge in [0.15, 0.2) is 5.43 Å². The molecule has 17 heavy (non-hydrogen) atoms. The van der Waals surface area contributed by atoms with Crippen LogP contribution in [-0.4, -0.2) is 5.11 Å². The van der Waals surface area contributed by atoms with E-state index in [2.05, 4.69) is 0 Å². The Morgan fingerprint density at radius 1 is 0.941 bits per heavy atom. The lowest BCUT2D eigenvalue weighted by Crippen LogP contribution is -2.29. The van der Waals surface area contributed by atoms with Crippen molar-refractivity contribution >= 4 is 17.0 Å². The van der Waals surface area contributed by atoms with Crippen LogP contribution in [0.15, 0.2) is 46.0 Å². The van der Waals surface area contributed by atoms with Crippen molar-refractivity contribution in [1.29, 1.82) is 0 Å². The Morgan fingerprint density at radius 3 is 2.47 bits per heavy atom. The summed E-state index contributed by atoms with van der Waals surface area (Å²) >= 11 is 0. The Kier molecular flexibility index (Phi) is 1.89. The minimum Gasteiger partial charge on any atom is -0.515 e. The highest BCUT2D eigenvalue weighted by Gasteiger charge is 2.05. The Balaban J connectivity index is 2.97. The van der Waals surface area contributed by atoms with E-state index in [-0.39, 0.29) is 15.9 Å². The molecule has 0 saturated carbocycles. The molecule has 0 heterocycles. The molecule has 0 atom stereocenters. The first kappa shape index (κ1) is 9.78. The SMILES string of the molecule is O=c1ccc2cccc3cc(=CO)c(=O)c1=c23. The van der Waals surface area contributed by atoms with Crippen molar-refractivity contribution in [3.63, 3.8) is 0 Å². The lowest BCUT2D eigenvalue weighted by atomic mass is 10.0. The lowest BCUT2D eigenvalue weighted by Gasteiger charge is -2.00. The summed E-state index contributed by atoms with van der Waals surface area (Å²) in [7, 11) is 0. The molecule has 1 aromatic rings. The van der Waals surface area contributed by atoms with Gasteiger partial charge in [0.2, 0.25) is 5.43 Å². The maximum atomic E-state index is 12.0. The fourth-order valence-electron chi connectivity index (χ4n) is 2.21. The number of aliphatic hydroxyl groups excluding tert-OH is 1. The maximum absolute atomic E-state index is 12.0. The van der Waals surface area contributed by atoms with Gasteiger partial charge in [-0.3, -0.25) is 9.59 Å². The van der Waals surface area contributed by atoms with Gasteiger partial charge < -0.3 is 5.11 Å². The van der Waals surface area contributed by atoms with Crippen molar-refractivity contribution in [3.8, 4) is 0 Å². The molecule has 0 unspecified atom stereocenters. The van der Waals surface area contributed by atoms with Crippen molar-refractivity contribution in [2.75, 3.05) is 0 Å². The summed E-state index contributed by atoms with van der Waals surface area (Å²) in [5, 5.41) is 11.6. The average molecular weight is 224 g/mol. The van der Waals surface area contributed by atoms with Gasteiger partial charge in [0.1, 0.15) is 0 Å². The predicted octanol–water partition coefficient (Wildman–Crippen LogP) is 0.738. The number of hydrogen-bond donors (Lipinski definition) is 1. The minimum atomic E-state index is -0.415. The van der Waals surface area contributed by atoms with Crippen LogP contribution >= 0.6 is 0 Å². The van der Waals surface area contributed by atoms with E-state index in [1.54, 1.807) is 12.1 Å². The Hall–Kier alpha value is -2.42. The molecule has 0 aliphatic heterocycles. The molecule has 0 aromatic heterocycles. The molecule has 0 fully saturated rings. The Bertz CT molecular complexity index is 928. The fourth-order valence-corrected chi connectivity index (χ4v) is 2.21. The lowest BCUT2D eigenvalue weighted by molar-refractivity contribution is 0.540. The first-order valence-corrected chi connectivity index (χ1v) is 5.19. The molecule has 2 aliphatic rings. The van der Waals surface area contributed by atoms with Gasteiger partial charge in [-0.15, -0.1) is 0 Å². The van der Waals surface area contributed by atoms with Crippen LogP contribution in [-0.2, 0) is 0 Å². The van der Waals surface area contributed by atoms with Crippen LogP contribution in [0.3, 0.4) is 0 Å². The topological polar surface area (TPSA) is 54.4 Å². The van der Waals surface area contributed by atoms with Crippen LogP contribution in [0.2, 0.25) is 0 Å². The number of hydrogen-bond acceptors (Lipinski definition) is 3. The summed E-state index contributed by atoms with van der Waals surface area (Å²) in [6, 6.07) is 10.2. The third-order valence-electron chi connectivity index (χ3n) is 2.98. The van der Waals surface area contributed by atoms with E-state index in [0.29, 0.717) is 5.22 Å². The van der Waals surface area contributed by atoms with Crippen molar-refractivity contribution in [1.82, 2.24) is 0 Å². The van der Waals surface area contributed by atoms with Crippen LogP contribution < -0.4 is 16.1 Å². The second kappa shape index (κ2) is 3.28. The molecular weight excluding hydrogens is 216 g/mol. The molecule has 3 rings (SSSR count). The van der Waals surface area contributed by atoms with E-state index in [4.69, 9.17) is 5.11 Å². The van der Waals surface area contributed by atoms with Gasteiger partial charge in [-0.1, -0.05) is 24.3 Å². The highest BCUT2D eigenvalue weighted by atomic mass is 16.2. The summed E-state index contributed by atoms with van der Waals surface area (Å²) in [5.41, 5.74) is -0.718. The monoisotopic (exact) mass is 224 g/mol. The van der Waals surface area contributed by atoms with Crippen molar-refractivity contribution in [2.24, 2.45) is 0 Å². The molecule has 0 bridgehead atoms. The van der Waals surface area contributed by atoms with Gasteiger partial charge in [-0.05, 0) is 22.9 Å². The van der Waals surface area contributed by atoms with Crippen molar-refractivity contribution in [2.45, 2.75) is 0 Å². The molecule has 0 amide bonds. The van der Waals surface area contributed by atoms with Crippen LogP contribution in [0, 0.1) is 10.4 Å². The highest BCUT2D eigenvalue weighted by Crippen LogP contribution is 2.11. The summed E-state index contributed by atoms with van der Waals surface area (Å²) in [5.74, 6) is 0. The van der Waals surface area contributed by atoms with E-state index in [9.17, 15) is 9.59 Å². The summed E-state index contributed by atoms with van der Waals surface area (Å²) in [4.78, 5) is 23.8. The molecule has 82 valence electrons. The van der Waals surface area contributed by atoms with E-state index < -0.39 is 5.43 Å². The molecule has 0 spiro atoms. The van der Waals surface area contributed by atoms with E-state index in [0.717, 1.165) is 17.0 Å². The standard InChI is InChI=1S/C14H8O3/c15-7-10-6-9-3-1-2-8-4-5-11(16)13(12(8)9)14(10)17/h1-7,15H. The third kappa shape index (κ3) is 1.22. The average Bonchev–Trinajstić information content (AvgIpc) is 2.35.